The topological polar surface area (TPSA) is 137 Å². The van der Waals surface area contributed by atoms with Gasteiger partial charge in [0.15, 0.2) is 10.5 Å². The first-order chi connectivity index (χ1) is 17.5. The number of rotatable bonds is 11. The van der Waals surface area contributed by atoms with E-state index in [9.17, 15) is 31.6 Å². The number of nitrogens with one attached hydrogen (secondary N) is 1. The van der Waals surface area contributed by atoms with Crippen LogP contribution >= 0.6 is 0 Å². The van der Waals surface area contributed by atoms with Gasteiger partial charge in [0.25, 0.3) is 5.91 Å². The maximum absolute atomic E-state index is 13.6. The summed E-state index contributed by atoms with van der Waals surface area (Å²) in [6.07, 6.45) is -2.55. The molecule has 12 nitrogen and oxygen atoms in total. The third-order valence-electron chi connectivity index (χ3n) is 6.63. The van der Waals surface area contributed by atoms with E-state index in [1.165, 1.54) is 16.7 Å². The molecule has 0 aliphatic carbocycles. The fourth-order valence-corrected chi connectivity index (χ4v) is 6.56. The molecule has 2 N–H and O–H groups in total. The lowest BCUT2D eigenvalue weighted by Gasteiger charge is -2.43. The summed E-state index contributed by atoms with van der Waals surface area (Å²) in [5.41, 5.74) is 1.56. The van der Waals surface area contributed by atoms with Crippen molar-refractivity contribution in [2.45, 2.75) is 36.6 Å². The highest BCUT2D eigenvalue weighted by Gasteiger charge is 2.55. The molecule has 16 heteroatoms. The number of alkyl halides is 3. The van der Waals surface area contributed by atoms with E-state index in [0.29, 0.717) is 32.2 Å². The minimum Gasteiger partial charge on any atom is -0.490 e. The van der Waals surface area contributed by atoms with Gasteiger partial charge >= 0.3 is 6.18 Å². The fourth-order valence-electron chi connectivity index (χ4n) is 4.45. The van der Waals surface area contributed by atoms with E-state index in [1.54, 1.807) is 17.5 Å². The summed E-state index contributed by atoms with van der Waals surface area (Å²) in [5.74, 6) is -0.370. The molecule has 2 aliphatic rings. The summed E-state index contributed by atoms with van der Waals surface area (Å²) in [5, 5.41) is 9.34. The Morgan fingerprint density at radius 1 is 1.11 bits per heavy atom. The SMILES string of the molecule is COCCN1CCC(C(=O)NO)(S(=O)(=O)N2CCN(c3ncc(OCCCC(F)(F)F)cn3)CC2)CC1. The maximum atomic E-state index is 13.6. The summed E-state index contributed by atoms with van der Waals surface area (Å²) < 4.78 is 73.7. The Hall–Kier alpha value is -2.27. The summed E-state index contributed by atoms with van der Waals surface area (Å²) in [7, 11) is -2.52. The fraction of sp³-hybridized carbons (Fsp3) is 0.762. The molecule has 1 amide bonds. The third-order valence-corrected chi connectivity index (χ3v) is 9.26. The molecule has 0 atom stereocenters. The average Bonchev–Trinajstić information content (AvgIpc) is 2.89. The minimum atomic E-state index is -4.23. The highest BCUT2D eigenvalue weighted by Crippen LogP contribution is 2.34. The van der Waals surface area contributed by atoms with Crippen molar-refractivity contribution in [2.24, 2.45) is 0 Å². The van der Waals surface area contributed by atoms with Crippen LogP contribution in [0.4, 0.5) is 19.1 Å². The Kier molecular flexibility index (Phi) is 9.91. The van der Waals surface area contributed by atoms with Crippen molar-refractivity contribution in [3.63, 3.8) is 0 Å². The highest BCUT2D eigenvalue weighted by atomic mass is 32.2. The number of hydroxylamine groups is 1. The number of likely N-dealkylation sites (tertiary alicyclic amines) is 1. The van der Waals surface area contributed by atoms with Crippen molar-refractivity contribution < 1.29 is 41.1 Å². The molecule has 1 aromatic rings. The molecule has 37 heavy (non-hydrogen) atoms. The Morgan fingerprint density at radius 3 is 2.27 bits per heavy atom. The molecule has 210 valence electrons. The molecule has 0 radical (unpaired) electrons. The molecule has 0 bridgehead atoms. The van der Waals surface area contributed by atoms with Crippen LogP contribution in [0.2, 0.25) is 0 Å². The van der Waals surface area contributed by atoms with Crippen molar-refractivity contribution in [1.82, 2.24) is 24.7 Å². The summed E-state index contributed by atoms with van der Waals surface area (Å²) in [4.78, 5) is 24.8. The largest absolute Gasteiger partial charge is 0.490 e. The standard InChI is InChI=1S/C21H33F3N6O6S/c1-35-14-12-28-6-4-20(5-7-28,18(31)27-32)37(33,34)30-10-8-29(9-11-30)19-25-15-17(16-26-19)36-13-2-3-21(22,23)24/h15-16,32H,2-14H2,1H3,(H,27,31). The molecular weight excluding hydrogens is 521 g/mol. The molecule has 3 rings (SSSR count). The first-order valence-electron chi connectivity index (χ1n) is 11.9. The predicted octanol–water partition coefficient (Wildman–Crippen LogP) is 0.636. The lowest BCUT2D eigenvalue weighted by Crippen LogP contribution is -2.63. The zero-order chi connectivity index (χ0) is 27.1. The normalized spacial score (nSPS) is 19.5. The van der Waals surface area contributed by atoms with Crippen LogP contribution in [-0.2, 0) is 19.6 Å². The van der Waals surface area contributed by atoms with Gasteiger partial charge < -0.3 is 19.3 Å². The third kappa shape index (κ3) is 7.19. The minimum absolute atomic E-state index is 0.0409. The van der Waals surface area contributed by atoms with Gasteiger partial charge in [-0.2, -0.15) is 17.5 Å². The number of methoxy groups -OCH3 is 1. The number of piperidine rings is 1. The summed E-state index contributed by atoms with van der Waals surface area (Å²) in [6.45, 7) is 2.44. The molecule has 2 fully saturated rings. The van der Waals surface area contributed by atoms with Crippen LogP contribution in [0.3, 0.4) is 0 Å². The van der Waals surface area contributed by atoms with Crippen LogP contribution in [0.25, 0.3) is 0 Å². The van der Waals surface area contributed by atoms with E-state index in [-0.39, 0.29) is 57.8 Å². The quantitative estimate of drug-likeness (QED) is 0.228. The number of ether oxygens (including phenoxy) is 2. The molecule has 2 saturated heterocycles. The number of aromatic nitrogens is 2. The Bertz CT molecular complexity index is 981. The van der Waals surface area contributed by atoms with Crippen molar-refractivity contribution in [3.8, 4) is 5.75 Å². The highest BCUT2D eigenvalue weighted by molar-refractivity contribution is 7.91. The van der Waals surface area contributed by atoms with Gasteiger partial charge in [-0.15, -0.1) is 0 Å². The van der Waals surface area contributed by atoms with Crippen LogP contribution in [0.15, 0.2) is 12.4 Å². The molecule has 0 saturated carbocycles. The van der Waals surface area contributed by atoms with Crippen LogP contribution in [-0.4, -0.2) is 116 Å². The number of halogens is 3. The number of anilines is 1. The van der Waals surface area contributed by atoms with Crippen LogP contribution < -0.4 is 15.1 Å². The smallest absolute Gasteiger partial charge is 0.389 e. The van der Waals surface area contributed by atoms with Gasteiger partial charge in [-0.05, 0) is 19.3 Å². The Morgan fingerprint density at radius 2 is 1.73 bits per heavy atom. The zero-order valence-electron chi connectivity index (χ0n) is 20.6. The van der Waals surface area contributed by atoms with E-state index in [1.807, 2.05) is 4.90 Å². The maximum Gasteiger partial charge on any atom is 0.389 e. The first kappa shape index (κ1) is 29.3. The Labute approximate surface area is 213 Å². The van der Waals surface area contributed by atoms with Gasteiger partial charge in [0, 0.05) is 59.3 Å². The van der Waals surface area contributed by atoms with Gasteiger partial charge in [0.05, 0.1) is 25.6 Å². The van der Waals surface area contributed by atoms with Crippen LogP contribution in [0.1, 0.15) is 25.7 Å². The number of carbonyl (C=O) groups is 1. The number of hydrogen-bond donors (Lipinski definition) is 2. The van der Waals surface area contributed by atoms with Gasteiger partial charge in [0.2, 0.25) is 16.0 Å². The summed E-state index contributed by atoms with van der Waals surface area (Å²) >= 11 is 0. The van der Waals surface area contributed by atoms with Crippen molar-refractivity contribution in [1.29, 1.82) is 0 Å². The lowest BCUT2D eigenvalue weighted by molar-refractivity contribution is -0.136. The zero-order valence-corrected chi connectivity index (χ0v) is 21.4. The van der Waals surface area contributed by atoms with Crippen molar-refractivity contribution in [2.75, 3.05) is 71.0 Å². The van der Waals surface area contributed by atoms with Gasteiger partial charge in [-0.25, -0.2) is 23.9 Å². The number of sulfonamides is 1. The predicted molar refractivity (Wildman–Crippen MR) is 126 cm³/mol. The molecular formula is C21H33F3N6O6S. The number of hydrogen-bond acceptors (Lipinski definition) is 10. The van der Waals surface area contributed by atoms with E-state index >= 15 is 0 Å². The van der Waals surface area contributed by atoms with Crippen molar-refractivity contribution in [3.05, 3.63) is 12.4 Å². The molecule has 0 spiro atoms. The summed E-state index contributed by atoms with van der Waals surface area (Å²) in [6, 6.07) is 0. The van der Waals surface area contributed by atoms with E-state index in [4.69, 9.17) is 9.47 Å². The Balaban J connectivity index is 1.58. The molecule has 1 aromatic heterocycles. The lowest BCUT2D eigenvalue weighted by atomic mass is 9.95. The second-order valence-corrected chi connectivity index (χ2v) is 11.2. The van der Waals surface area contributed by atoms with Crippen LogP contribution in [0.5, 0.6) is 5.75 Å². The van der Waals surface area contributed by atoms with E-state index < -0.39 is 33.3 Å². The van der Waals surface area contributed by atoms with E-state index in [2.05, 4.69) is 9.97 Å². The first-order valence-corrected chi connectivity index (χ1v) is 13.4. The second kappa shape index (κ2) is 12.5. The van der Waals surface area contributed by atoms with Gasteiger partial charge in [-0.1, -0.05) is 0 Å². The van der Waals surface area contributed by atoms with Crippen molar-refractivity contribution >= 4 is 21.9 Å². The van der Waals surface area contributed by atoms with Crippen LogP contribution in [0, 0.1) is 0 Å². The molecule has 0 unspecified atom stereocenters. The molecule has 3 heterocycles. The van der Waals surface area contributed by atoms with E-state index in [0.717, 1.165) is 0 Å². The average molecular weight is 555 g/mol. The van der Waals surface area contributed by atoms with Gasteiger partial charge in [-0.3, -0.25) is 10.0 Å². The molecule has 2 aliphatic heterocycles. The second-order valence-electron chi connectivity index (χ2n) is 8.95. The number of carbonyl (C=O) groups excluding carboxylic acids is 1. The number of piperazine rings is 1. The number of nitrogens with zero attached hydrogens (tertiary/aromatic N) is 5. The number of amides is 1. The monoisotopic (exact) mass is 554 g/mol. The van der Waals surface area contributed by atoms with Gasteiger partial charge in [0.1, 0.15) is 0 Å². The molecule has 0 aromatic carbocycles.